The van der Waals surface area contributed by atoms with Crippen LogP contribution in [0.3, 0.4) is 0 Å². The highest BCUT2D eigenvalue weighted by Gasteiger charge is 2.34. The molecule has 0 amide bonds. The molecule has 2 aliphatic heterocycles. The molecule has 1 saturated heterocycles. The second-order valence-electron chi connectivity index (χ2n) is 3.89. The van der Waals surface area contributed by atoms with E-state index in [1.165, 1.54) is 17.1 Å². The number of hydrogen-bond donors (Lipinski definition) is 1. The van der Waals surface area contributed by atoms with Crippen LogP contribution in [0.25, 0.3) is 0 Å². The summed E-state index contributed by atoms with van der Waals surface area (Å²) in [6.07, 6.45) is 0. The van der Waals surface area contributed by atoms with Gasteiger partial charge in [-0.15, -0.1) is 0 Å². The first-order valence-corrected chi connectivity index (χ1v) is 5.95. The lowest BCUT2D eigenvalue weighted by Crippen LogP contribution is -2.25. The molecule has 0 spiro atoms. The minimum absolute atomic E-state index is 0.624. The molecule has 1 nitrogen and oxygen atoms in total. The van der Waals surface area contributed by atoms with Crippen molar-refractivity contribution in [1.82, 2.24) is 5.32 Å². The maximum absolute atomic E-state index is 3.68. The van der Waals surface area contributed by atoms with Gasteiger partial charge in [-0.05, 0) is 23.6 Å². The standard InChI is InChI=1S/C11H13NS/c1-7-3-2-4-8-9-5-13-6-10(12-9)11(7)8/h2-4,9-10,12H,5-6H2,1H3. The zero-order chi connectivity index (χ0) is 8.84. The van der Waals surface area contributed by atoms with E-state index in [1.807, 2.05) is 0 Å². The highest BCUT2D eigenvalue weighted by Crippen LogP contribution is 2.42. The first-order valence-electron chi connectivity index (χ1n) is 4.79. The number of thioether (sulfide) groups is 1. The van der Waals surface area contributed by atoms with E-state index >= 15 is 0 Å². The monoisotopic (exact) mass is 191 g/mol. The Morgan fingerprint density at radius 2 is 2.15 bits per heavy atom. The van der Waals surface area contributed by atoms with Gasteiger partial charge in [0.1, 0.15) is 0 Å². The summed E-state index contributed by atoms with van der Waals surface area (Å²) in [5, 5.41) is 3.68. The van der Waals surface area contributed by atoms with Gasteiger partial charge in [-0.25, -0.2) is 0 Å². The first-order chi connectivity index (χ1) is 6.36. The maximum atomic E-state index is 3.68. The fourth-order valence-corrected chi connectivity index (χ4v) is 3.62. The Bertz CT molecular complexity index is 348. The van der Waals surface area contributed by atoms with Gasteiger partial charge in [-0.3, -0.25) is 0 Å². The predicted octanol–water partition coefficient (Wildman–Crippen LogP) is 2.43. The molecule has 1 fully saturated rings. The van der Waals surface area contributed by atoms with Crippen molar-refractivity contribution in [3.63, 3.8) is 0 Å². The highest BCUT2D eigenvalue weighted by molar-refractivity contribution is 7.99. The predicted molar refractivity (Wildman–Crippen MR) is 57.1 cm³/mol. The Morgan fingerprint density at radius 3 is 3.08 bits per heavy atom. The normalized spacial score (nSPS) is 30.2. The van der Waals surface area contributed by atoms with Gasteiger partial charge >= 0.3 is 0 Å². The molecular weight excluding hydrogens is 178 g/mol. The van der Waals surface area contributed by atoms with E-state index in [1.54, 1.807) is 11.1 Å². The number of rotatable bonds is 0. The van der Waals surface area contributed by atoms with E-state index in [2.05, 4.69) is 42.2 Å². The van der Waals surface area contributed by atoms with Crippen molar-refractivity contribution in [1.29, 1.82) is 0 Å². The van der Waals surface area contributed by atoms with Crippen LogP contribution in [0.5, 0.6) is 0 Å². The quantitative estimate of drug-likeness (QED) is 0.676. The zero-order valence-electron chi connectivity index (χ0n) is 7.71. The molecule has 2 bridgehead atoms. The number of hydrogen-bond acceptors (Lipinski definition) is 2. The van der Waals surface area contributed by atoms with E-state index in [0.717, 1.165) is 0 Å². The van der Waals surface area contributed by atoms with Gasteiger partial charge in [0, 0.05) is 23.6 Å². The minimum atomic E-state index is 0.624. The molecule has 1 N–H and O–H groups in total. The van der Waals surface area contributed by atoms with Crippen LogP contribution in [0.1, 0.15) is 28.8 Å². The van der Waals surface area contributed by atoms with Gasteiger partial charge in [-0.1, -0.05) is 18.2 Å². The van der Waals surface area contributed by atoms with Gasteiger partial charge < -0.3 is 5.32 Å². The Labute approximate surface area is 82.9 Å². The molecule has 0 radical (unpaired) electrons. The van der Waals surface area contributed by atoms with Crippen molar-refractivity contribution in [3.8, 4) is 0 Å². The third-order valence-corrected chi connectivity index (χ3v) is 4.19. The van der Waals surface area contributed by atoms with Crippen molar-refractivity contribution in [2.45, 2.75) is 19.0 Å². The molecule has 1 aromatic rings. The van der Waals surface area contributed by atoms with Gasteiger partial charge in [0.2, 0.25) is 0 Å². The molecule has 13 heavy (non-hydrogen) atoms. The van der Waals surface area contributed by atoms with Gasteiger partial charge in [0.25, 0.3) is 0 Å². The van der Waals surface area contributed by atoms with E-state index in [9.17, 15) is 0 Å². The molecule has 0 aromatic heterocycles. The van der Waals surface area contributed by atoms with Crippen LogP contribution in [0, 0.1) is 6.92 Å². The number of fused-ring (bicyclic) bond motifs is 5. The van der Waals surface area contributed by atoms with Crippen LogP contribution in [0.4, 0.5) is 0 Å². The summed E-state index contributed by atoms with van der Waals surface area (Å²) < 4.78 is 0. The molecule has 2 heterocycles. The van der Waals surface area contributed by atoms with Crippen molar-refractivity contribution in [3.05, 3.63) is 34.9 Å². The van der Waals surface area contributed by atoms with E-state index in [4.69, 9.17) is 0 Å². The molecule has 2 aliphatic rings. The van der Waals surface area contributed by atoms with Crippen LogP contribution in [-0.4, -0.2) is 11.5 Å². The average Bonchev–Trinajstić information content (AvgIpc) is 2.41. The Morgan fingerprint density at radius 1 is 1.31 bits per heavy atom. The van der Waals surface area contributed by atoms with Crippen LogP contribution in [0.2, 0.25) is 0 Å². The van der Waals surface area contributed by atoms with Gasteiger partial charge in [0.15, 0.2) is 0 Å². The lowest BCUT2D eigenvalue weighted by molar-refractivity contribution is 0.548. The SMILES string of the molecule is Cc1cccc2c1C1CSCC2N1. The molecule has 2 atom stereocenters. The zero-order valence-corrected chi connectivity index (χ0v) is 8.53. The van der Waals surface area contributed by atoms with Crippen molar-refractivity contribution >= 4 is 11.8 Å². The fourth-order valence-electron chi connectivity index (χ4n) is 2.47. The summed E-state index contributed by atoms with van der Waals surface area (Å²) >= 11 is 2.08. The lowest BCUT2D eigenvalue weighted by atomic mass is 9.98. The Hall–Kier alpha value is -0.470. The average molecular weight is 191 g/mol. The Balaban J connectivity index is 2.20. The van der Waals surface area contributed by atoms with Crippen LogP contribution >= 0.6 is 11.8 Å². The molecule has 0 saturated carbocycles. The van der Waals surface area contributed by atoms with Crippen LogP contribution < -0.4 is 5.32 Å². The van der Waals surface area contributed by atoms with Crippen LogP contribution in [0.15, 0.2) is 18.2 Å². The summed E-state index contributed by atoms with van der Waals surface area (Å²) in [6, 6.07) is 7.94. The van der Waals surface area contributed by atoms with E-state index in [-0.39, 0.29) is 0 Å². The smallest absolute Gasteiger partial charge is 0.0423 e. The molecule has 1 aromatic carbocycles. The summed E-state index contributed by atoms with van der Waals surface area (Å²) in [4.78, 5) is 0. The minimum Gasteiger partial charge on any atom is -0.302 e. The topological polar surface area (TPSA) is 12.0 Å². The van der Waals surface area contributed by atoms with Crippen LogP contribution in [-0.2, 0) is 0 Å². The largest absolute Gasteiger partial charge is 0.302 e. The number of aryl methyl sites for hydroxylation is 1. The summed E-state index contributed by atoms with van der Waals surface area (Å²) in [5.74, 6) is 2.49. The third kappa shape index (κ3) is 1.05. The van der Waals surface area contributed by atoms with E-state index in [0.29, 0.717) is 12.1 Å². The maximum Gasteiger partial charge on any atom is 0.0423 e. The van der Waals surface area contributed by atoms with Crippen molar-refractivity contribution in [2.75, 3.05) is 11.5 Å². The van der Waals surface area contributed by atoms with Gasteiger partial charge in [-0.2, -0.15) is 11.8 Å². The summed E-state index contributed by atoms with van der Waals surface area (Å²) in [7, 11) is 0. The molecular formula is C11H13NS. The summed E-state index contributed by atoms with van der Waals surface area (Å²) in [5.41, 5.74) is 4.59. The molecule has 3 rings (SSSR count). The first kappa shape index (κ1) is 7.89. The lowest BCUT2D eigenvalue weighted by Gasteiger charge is -2.20. The second-order valence-corrected chi connectivity index (χ2v) is 4.96. The number of benzene rings is 1. The number of nitrogens with one attached hydrogen (secondary N) is 1. The molecule has 2 heteroatoms. The van der Waals surface area contributed by atoms with Gasteiger partial charge in [0.05, 0.1) is 0 Å². The fraction of sp³-hybridized carbons (Fsp3) is 0.455. The second kappa shape index (κ2) is 2.76. The molecule has 0 aliphatic carbocycles. The molecule has 2 unspecified atom stereocenters. The third-order valence-electron chi connectivity index (χ3n) is 3.05. The molecule has 68 valence electrons. The highest BCUT2D eigenvalue weighted by atomic mass is 32.2. The van der Waals surface area contributed by atoms with E-state index < -0.39 is 0 Å². The summed E-state index contributed by atoms with van der Waals surface area (Å²) in [6.45, 7) is 2.23. The van der Waals surface area contributed by atoms with Crippen molar-refractivity contribution in [2.24, 2.45) is 0 Å². The Kier molecular flexibility index (Phi) is 1.67. The van der Waals surface area contributed by atoms with Crippen molar-refractivity contribution < 1.29 is 0 Å².